The van der Waals surface area contributed by atoms with Crippen LogP contribution in [0.3, 0.4) is 0 Å². The van der Waals surface area contributed by atoms with Gasteiger partial charge in [0.2, 0.25) is 5.88 Å². The summed E-state index contributed by atoms with van der Waals surface area (Å²) in [5, 5.41) is 0. The number of hydrogen-bond donors (Lipinski definition) is 0. The van der Waals surface area contributed by atoms with Gasteiger partial charge in [-0.05, 0) is 25.1 Å². The van der Waals surface area contributed by atoms with Gasteiger partial charge < -0.3 is 13.6 Å². The summed E-state index contributed by atoms with van der Waals surface area (Å²) in [4.78, 5) is 7.62. The third-order valence-electron chi connectivity index (χ3n) is 3.00. The van der Waals surface area contributed by atoms with Crippen molar-refractivity contribution in [1.82, 2.24) is 9.97 Å². The van der Waals surface area contributed by atoms with Gasteiger partial charge in [0.05, 0.1) is 6.26 Å². The van der Waals surface area contributed by atoms with Crippen LogP contribution in [0.5, 0.6) is 5.88 Å². The topological polar surface area (TPSA) is 61.3 Å². The molecule has 8 heteroatoms. The molecule has 0 aromatic carbocycles. The smallest absolute Gasteiger partial charge is 0.433 e. The molecule has 3 rings (SSSR count). The lowest BCUT2D eigenvalue weighted by atomic mass is 10.3. The fourth-order valence-corrected chi connectivity index (χ4v) is 1.86. The zero-order chi connectivity index (χ0) is 16.4. The lowest BCUT2D eigenvalue weighted by Crippen LogP contribution is -2.09. The van der Waals surface area contributed by atoms with Crippen molar-refractivity contribution in [1.29, 1.82) is 0 Å². The number of nitrogens with zero attached hydrogens (tertiary/aromatic N) is 2. The summed E-state index contributed by atoms with van der Waals surface area (Å²) in [5.74, 6) is 1.09. The first kappa shape index (κ1) is 15.1. The minimum Gasteiger partial charge on any atom is -0.471 e. The highest BCUT2D eigenvalue weighted by Crippen LogP contribution is 2.29. The van der Waals surface area contributed by atoms with Crippen molar-refractivity contribution >= 4 is 0 Å². The van der Waals surface area contributed by atoms with Crippen molar-refractivity contribution in [2.24, 2.45) is 0 Å². The molecule has 0 saturated heterocycles. The van der Waals surface area contributed by atoms with E-state index in [1.807, 2.05) is 0 Å². The van der Waals surface area contributed by atoms with Crippen LogP contribution in [-0.4, -0.2) is 9.97 Å². The van der Waals surface area contributed by atoms with E-state index in [0.717, 1.165) is 6.07 Å². The van der Waals surface area contributed by atoms with Crippen LogP contribution in [0, 0.1) is 6.92 Å². The van der Waals surface area contributed by atoms with E-state index < -0.39 is 11.9 Å². The molecule has 0 radical (unpaired) electrons. The summed E-state index contributed by atoms with van der Waals surface area (Å²) in [6.45, 7) is 1.61. The molecule has 0 saturated carbocycles. The fourth-order valence-electron chi connectivity index (χ4n) is 1.86. The zero-order valence-electron chi connectivity index (χ0n) is 11.9. The molecule has 0 aliphatic heterocycles. The van der Waals surface area contributed by atoms with Crippen LogP contribution in [0.1, 0.15) is 17.1 Å². The second-order valence-electron chi connectivity index (χ2n) is 4.65. The van der Waals surface area contributed by atoms with Gasteiger partial charge in [0, 0.05) is 6.07 Å². The number of ether oxygens (including phenoxy) is 1. The Morgan fingerprint density at radius 2 is 1.96 bits per heavy atom. The van der Waals surface area contributed by atoms with Crippen LogP contribution < -0.4 is 4.74 Å². The summed E-state index contributed by atoms with van der Waals surface area (Å²) < 4.78 is 53.7. The van der Waals surface area contributed by atoms with E-state index in [9.17, 15) is 13.2 Å². The molecule has 0 aliphatic carbocycles. The second-order valence-corrected chi connectivity index (χ2v) is 4.65. The molecule has 0 amide bonds. The Bertz CT molecular complexity index is 795. The Kier molecular flexibility index (Phi) is 3.81. The van der Waals surface area contributed by atoms with E-state index >= 15 is 0 Å². The Hall–Kier alpha value is -2.77. The third kappa shape index (κ3) is 3.36. The Morgan fingerprint density at radius 3 is 2.65 bits per heavy atom. The summed E-state index contributed by atoms with van der Waals surface area (Å²) in [6.07, 6.45) is -3.03. The normalized spacial score (nSPS) is 11.7. The van der Waals surface area contributed by atoms with Crippen molar-refractivity contribution in [2.75, 3.05) is 0 Å². The highest BCUT2D eigenvalue weighted by atomic mass is 19.4. The van der Waals surface area contributed by atoms with Gasteiger partial charge in [-0.15, -0.1) is 0 Å². The number of halogens is 3. The predicted octanol–water partition coefficient (Wildman–Crippen LogP) is 4.24. The standard InChI is InChI=1S/C15H11F3N2O3/c1-9-10(19-14(23-9)11-4-3-7-21-11)8-22-13-6-2-5-12(20-13)15(16,17)18/h2-7H,8H2,1H3. The molecule has 0 aliphatic rings. The molecular formula is C15H11F3N2O3. The number of aromatic nitrogens is 2. The van der Waals surface area contributed by atoms with Crippen molar-refractivity contribution in [2.45, 2.75) is 19.7 Å². The fraction of sp³-hybridized carbons (Fsp3) is 0.200. The number of furan rings is 1. The maximum Gasteiger partial charge on any atom is 0.433 e. The molecule has 0 unspecified atom stereocenters. The number of oxazole rings is 1. The summed E-state index contributed by atoms with van der Waals surface area (Å²) >= 11 is 0. The van der Waals surface area contributed by atoms with Gasteiger partial charge in [0.25, 0.3) is 5.89 Å². The summed E-state index contributed by atoms with van der Waals surface area (Å²) in [6, 6.07) is 6.83. The SMILES string of the molecule is Cc1oc(-c2ccco2)nc1COc1cccc(C(F)(F)F)n1. The van der Waals surface area contributed by atoms with Crippen LogP contribution in [-0.2, 0) is 12.8 Å². The molecule has 0 atom stereocenters. The molecule has 0 fully saturated rings. The summed E-state index contributed by atoms with van der Waals surface area (Å²) in [7, 11) is 0. The lowest BCUT2D eigenvalue weighted by Gasteiger charge is -2.08. The molecule has 23 heavy (non-hydrogen) atoms. The number of rotatable bonds is 4. The quantitative estimate of drug-likeness (QED) is 0.718. The Balaban J connectivity index is 1.74. The van der Waals surface area contributed by atoms with E-state index in [1.54, 1.807) is 19.1 Å². The van der Waals surface area contributed by atoms with E-state index in [0.29, 0.717) is 17.2 Å². The van der Waals surface area contributed by atoms with Gasteiger partial charge in [0.1, 0.15) is 23.8 Å². The molecule has 5 nitrogen and oxygen atoms in total. The van der Waals surface area contributed by atoms with Crippen LogP contribution in [0.15, 0.2) is 45.4 Å². The zero-order valence-corrected chi connectivity index (χ0v) is 11.9. The highest BCUT2D eigenvalue weighted by molar-refractivity contribution is 5.44. The maximum atomic E-state index is 12.6. The maximum absolute atomic E-state index is 12.6. The predicted molar refractivity (Wildman–Crippen MR) is 72.5 cm³/mol. The molecule has 0 bridgehead atoms. The van der Waals surface area contributed by atoms with Crippen molar-refractivity contribution in [3.63, 3.8) is 0 Å². The van der Waals surface area contributed by atoms with Gasteiger partial charge in [-0.2, -0.15) is 13.2 Å². The van der Waals surface area contributed by atoms with Crippen molar-refractivity contribution in [3.05, 3.63) is 53.7 Å². The van der Waals surface area contributed by atoms with Gasteiger partial charge in [0.15, 0.2) is 5.76 Å². The van der Waals surface area contributed by atoms with Gasteiger partial charge in [-0.1, -0.05) is 6.07 Å². The first-order valence-electron chi connectivity index (χ1n) is 6.61. The van der Waals surface area contributed by atoms with Gasteiger partial charge in [-0.25, -0.2) is 9.97 Å². The average molecular weight is 324 g/mol. The lowest BCUT2D eigenvalue weighted by molar-refractivity contribution is -0.141. The number of pyridine rings is 1. The van der Waals surface area contributed by atoms with Crippen LogP contribution in [0.4, 0.5) is 13.2 Å². The number of hydrogen-bond acceptors (Lipinski definition) is 5. The number of alkyl halides is 3. The molecule has 3 aromatic rings. The third-order valence-corrected chi connectivity index (χ3v) is 3.00. The number of aryl methyl sites for hydroxylation is 1. The summed E-state index contributed by atoms with van der Waals surface area (Å²) in [5.41, 5.74) is -0.557. The minimum absolute atomic E-state index is 0.0651. The highest BCUT2D eigenvalue weighted by Gasteiger charge is 2.32. The van der Waals surface area contributed by atoms with Crippen LogP contribution in [0.2, 0.25) is 0 Å². The van der Waals surface area contributed by atoms with Crippen LogP contribution >= 0.6 is 0 Å². The molecule has 3 heterocycles. The monoisotopic (exact) mass is 324 g/mol. The first-order chi connectivity index (χ1) is 10.9. The molecule has 120 valence electrons. The molecule has 3 aromatic heterocycles. The van der Waals surface area contributed by atoms with E-state index in [4.69, 9.17) is 13.6 Å². The largest absolute Gasteiger partial charge is 0.471 e. The van der Waals surface area contributed by atoms with E-state index in [2.05, 4.69) is 9.97 Å². The molecule has 0 N–H and O–H groups in total. The van der Waals surface area contributed by atoms with Gasteiger partial charge in [-0.3, -0.25) is 0 Å². The van der Waals surface area contributed by atoms with E-state index in [-0.39, 0.29) is 18.4 Å². The average Bonchev–Trinajstić information content (AvgIpc) is 3.14. The van der Waals surface area contributed by atoms with Crippen molar-refractivity contribution in [3.8, 4) is 17.5 Å². The molecular weight excluding hydrogens is 313 g/mol. The Labute approximate surface area is 128 Å². The molecule has 0 spiro atoms. The minimum atomic E-state index is -4.52. The second kappa shape index (κ2) is 5.79. The first-order valence-corrected chi connectivity index (χ1v) is 6.61. The van der Waals surface area contributed by atoms with Gasteiger partial charge >= 0.3 is 6.18 Å². The van der Waals surface area contributed by atoms with E-state index in [1.165, 1.54) is 18.4 Å². The Morgan fingerprint density at radius 1 is 1.13 bits per heavy atom. The van der Waals surface area contributed by atoms with Crippen LogP contribution in [0.25, 0.3) is 11.7 Å². The van der Waals surface area contributed by atoms with Crippen molar-refractivity contribution < 1.29 is 26.7 Å².